The lowest BCUT2D eigenvalue weighted by molar-refractivity contribution is 0.522. The van der Waals surface area contributed by atoms with Crippen molar-refractivity contribution in [2.24, 2.45) is 16.5 Å². The molecular weight excluding hydrogens is 190 g/mol. The minimum atomic E-state index is 0.199. The van der Waals surface area contributed by atoms with Gasteiger partial charge in [-0.1, -0.05) is 6.42 Å². The minimum absolute atomic E-state index is 0.199. The molecule has 1 saturated heterocycles. The zero-order valence-corrected chi connectivity index (χ0v) is 9.34. The molecule has 6 N–H and O–H groups in total. The average Bonchev–Trinajstić information content (AvgIpc) is 2.68. The Labute approximate surface area is 91.7 Å². The van der Waals surface area contributed by atoms with Crippen LogP contribution in [0.25, 0.3) is 0 Å². The van der Waals surface area contributed by atoms with Crippen LogP contribution in [0.1, 0.15) is 25.7 Å². The van der Waals surface area contributed by atoms with Crippen LogP contribution in [0.4, 0.5) is 0 Å². The lowest BCUT2D eigenvalue weighted by Gasteiger charge is -2.10. The molecule has 1 aliphatic rings. The summed E-state index contributed by atoms with van der Waals surface area (Å²) in [4.78, 5) is 3.94. The third-order valence-corrected chi connectivity index (χ3v) is 2.62. The summed E-state index contributed by atoms with van der Waals surface area (Å²) in [5.41, 5.74) is 10.4. The van der Waals surface area contributed by atoms with Gasteiger partial charge in [0, 0.05) is 19.1 Å². The second kappa shape index (κ2) is 7.48. The summed E-state index contributed by atoms with van der Waals surface area (Å²) < 4.78 is 0. The highest BCUT2D eigenvalue weighted by Gasteiger charge is 2.12. The SMILES string of the molecule is NC(N)=NCCCCCNC1CCNC1. The number of nitrogens with zero attached hydrogens (tertiary/aromatic N) is 1. The highest BCUT2D eigenvalue weighted by atomic mass is 15.0. The summed E-state index contributed by atoms with van der Waals surface area (Å²) in [6, 6.07) is 0.683. The fourth-order valence-electron chi connectivity index (χ4n) is 1.76. The van der Waals surface area contributed by atoms with E-state index in [1.807, 2.05) is 0 Å². The van der Waals surface area contributed by atoms with Gasteiger partial charge in [0.15, 0.2) is 5.96 Å². The Morgan fingerprint density at radius 3 is 2.87 bits per heavy atom. The number of hydrogen-bond acceptors (Lipinski definition) is 3. The molecule has 0 aromatic heterocycles. The minimum Gasteiger partial charge on any atom is -0.370 e. The van der Waals surface area contributed by atoms with Gasteiger partial charge in [0.1, 0.15) is 0 Å². The maximum Gasteiger partial charge on any atom is 0.185 e. The fourth-order valence-corrected chi connectivity index (χ4v) is 1.76. The van der Waals surface area contributed by atoms with Crippen LogP contribution in [-0.4, -0.2) is 38.2 Å². The van der Waals surface area contributed by atoms with Gasteiger partial charge in [-0.25, -0.2) is 0 Å². The van der Waals surface area contributed by atoms with Gasteiger partial charge < -0.3 is 22.1 Å². The van der Waals surface area contributed by atoms with Crippen molar-refractivity contribution in [1.82, 2.24) is 10.6 Å². The quantitative estimate of drug-likeness (QED) is 0.258. The summed E-state index contributed by atoms with van der Waals surface area (Å²) in [7, 11) is 0. The maximum atomic E-state index is 5.22. The number of aliphatic imine (C=N–C) groups is 1. The van der Waals surface area contributed by atoms with Crippen molar-refractivity contribution >= 4 is 5.96 Å². The van der Waals surface area contributed by atoms with Crippen molar-refractivity contribution in [3.8, 4) is 0 Å². The molecule has 88 valence electrons. The van der Waals surface area contributed by atoms with Crippen LogP contribution in [0.2, 0.25) is 0 Å². The first-order valence-electron chi connectivity index (χ1n) is 5.78. The number of guanidine groups is 1. The van der Waals surface area contributed by atoms with Crippen LogP contribution in [0.15, 0.2) is 4.99 Å². The topological polar surface area (TPSA) is 88.5 Å². The lowest BCUT2D eigenvalue weighted by atomic mass is 10.2. The molecule has 15 heavy (non-hydrogen) atoms. The van der Waals surface area contributed by atoms with Crippen LogP contribution >= 0.6 is 0 Å². The molecule has 1 aliphatic heterocycles. The van der Waals surface area contributed by atoms with Gasteiger partial charge in [0.2, 0.25) is 0 Å². The van der Waals surface area contributed by atoms with E-state index in [-0.39, 0.29) is 5.96 Å². The summed E-state index contributed by atoms with van der Waals surface area (Å²) >= 11 is 0. The third-order valence-electron chi connectivity index (χ3n) is 2.62. The molecule has 5 heteroatoms. The highest BCUT2D eigenvalue weighted by molar-refractivity contribution is 5.75. The number of nitrogens with two attached hydrogens (primary N) is 2. The normalized spacial score (nSPS) is 20.4. The smallest absolute Gasteiger partial charge is 0.185 e. The van der Waals surface area contributed by atoms with Crippen molar-refractivity contribution in [2.75, 3.05) is 26.2 Å². The zero-order chi connectivity index (χ0) is 10.9. The van der Waals surface area contributed by atoms with Gasteiger partial charge in [-0.15, -0.1) is 0 Å². The van der Waals surface area contributed by atoms with Gasteiger partial charge in [-0.05, 0) is 32.4 Å². The summed E-state index contributed by atoms with van der Waals surface area (Å²) in [6.07, 6.45) is 4.72. The molecule has 1 atom stereocenters. The standard InChI is InChI=1S/C10H23N5/c11-10(12)15-6-3-1-2-5-14-9-4-7-13-8-9/h9,13-14H,1-8H2,(H4,11,12,15). The Morgan fingerprint density at radius 1 is 1.33 bits per heavy atom. The van der Waals surface area contributed by atoms with E-state index in [2.05, 4.69) is 15.6 Å². The first-order valence-corrected chi connectivity index (χ1v) is 5.78. The molecule has 0 amide bonds. The van der Waals surface area contributed by atoms with Gasteiger partial charge in [-0.3, -0.25) is 4.99 Å². The fraction of sp³-hybridized carbons (Fsp3) is 0.900. The molecule has 0 bridgehead atoms. The third kappa shape index (κ3) is 6.30. The summed E-state index contributed by atoms with van der Waals surface area (Å²) in [6.45, 7) is 4.14. The summed E-state index contributed by atoms with van der Waals surface area (Å²) in [5, 5.41) is 6.87. The van der Waals surface area contributed by atoms with E-state index in [1.165, 1.54) is 19.3 Å². The Balaban J connectivity index is 1.82. The first kappa shape index (κ1) is 12.3. The highest BCUT2D eigenvalue weighted by Crippen LogP contribution is 1.99. The van der Waals surface area contributed by atoms with Crippen LogP contribution in [0, 0.1) is 0 Å². The molecule has 0 saturated carbocycles. The van der Waals surface area contributed by atoms with Crippen LogP contribution in [0.3, 0.4) is 0 Å². The Kier molecular flexibility index (Phi) is 6.11. The van der Waals surface area contributed by atoms with Crippen molar-refractivity contribution in [3.63, 3.8) is 0 Å². The molecule has 0 aliphatic carbocycles. The molecule has 0 spiro atoms. The zero-order valence-electron chi connectivity index (χ0n) is 9.34. The summed E-state index contributed by atoms with van der Waals surface area (Å²) in [5.74, 6) is 0.199. The van der Waals surface area contributed by atoms with E-state index in [9.17, 15) is 0 Å². The molecular formula is C10H23N5. The molecule has 5 nitrogen and oxygen atoms in total. The second-order valence-corrected chi connectivity index (χ2v) is 4.01. The Morgan fingerprint density at radius 2 is 2.20 bits per heavy atom. The van der Waals surface area contributed by atoms with Crippen molar-refractivity contribution < 1.29 is 0 Å². The second-order valence-electron chi connectivity index (χ2n) is 4.01. The lowest BCUT2D eigenvalue weighted by Crippen LogP contribution is -2.31. The predicted molar refractivity (Wildman–Crippen MR) is 63.8 cm³/mol. The number of unbranched alkanes of at least 4 members (excludes halogenated alkanes) is 2. The number of hydrogen-bond donors (Lipinski definition) is 4. The molecule has 1 fully saturated rings. The van der Waals surface area contributed by atoms with Crippen molar-refractivity contribution in [3.05, 3.63) is 0 Å². The maximum absolute atomic E-state index is 5.22. The molecule has 1 rings (SSSR count). The molecule has 0 aromatic carbocycles. The first-order chi connectivity index (χ1) is 7.29. The van der Waals surface area contributed by atoms with Gasteiger partial charge in [-0.2, -0.15) is 0 Å². The number of nitrogens with one attached hydrogen (secondary N) is 2. The van der Waals surface area contributed by atoms with Crippen LogP contribution in [0.5, 0.6) is 0 Å². The van der Waals surface area contributed by atoms with E-state index in [1.54, 1.807) is 0 Å². The van der Waals surface area contributed by atoms with Gasteiger partial charge >= 0.3 is 0 Å². The van der Waals surface area contributed by atoms with E-state index < -0.39 is 0 Å². The predicted octanol–water partition coefficient (Wildman–Crippen LogP) is -0.618. The largest absolute Gasteiger partial charge is 0.370 e. The van der Waals surface area contributed by atoms with Crippen LogP contribution in [-0.2, 0) is 0 Å². The van der Waals surface area contributed by atoms with Crippen molar-refractivity contribution in [2.45, 2.75) is 31.7 Å². The van der Waals surface area contributed by atoms with Crippen LogP contribution < -0.4 is 22.1 Å². The molecule has 0 radical (unpaired) electrons. The van der Waals surface area contributed by atoms with Crippen molar-refractivity contribution in [1.29, 1.82) is 0 Å². The molecule has 1 heterocycles. The van der Waals surface area contributed by atoms with Gasteiger partial charge in [0.05, 0.1) is 0 Å². The molecule has 0 aromatic rings. The van der Waals surface area contributed by atoms with Gasteiger partial charge in [0.25, 0.3) is 0 Å². The monoisotopic (exact) mass is 213 g/mol. The van der Waals surface area contributed by atoms with E-state index in [4.69, 9.17) is 11.5 Å². The average molecular weight is 213 g/mol. The number of rotatable bonds is 7. The van der Waals surface area contributed by atoms with E-state index in [0.717, 1.165) is 32.6 Å². The van der Waals surface area contributed by atoms with E-state index >= 15 is 0 Å². The Hall–Kier alpha value is -0.810. The van der Waals surface area contributed by atoms with E-state index in [0.29, 0.717) is 6.04 Å². The molecule has 1 unspecified atom stereocenters. The Bertz CT molecular complexity index is 182.